The minimum Gasteiger partial charge on any atom is -0.361 e. The summed E-state index contributed by atoms with van der Waals surface area (Å²) in [6, 6.07) is 10.3. The number of nitrogens with zero attached hydrogens (tertiary/aromatic N) is 3. The van der Waals surface area contributed by atoms with Gasteiger partial charge in [0.05, 0.1) is 23.0 Å². The maximum atomic E-state index is 12.4. The molecule has 1 atom stereocenters. The Morgan fingerprint density at radius 2 is 1.89 bits per heavy atom. The van der Waals surface area contributed by atoms with Gasteiger partial charge in [-0.25, -0.2) is 4.68 Å². The summed E-state index contributed by atoms with van der Waals surface area (Å²) < 4.78 is 7.10. The van der Waals surface area contributed by atoms with Gasteiger partial charge < -0.3 is 9.84 Å². The van der Waals surface area contributed by atoms with E-state index < -0.39 is 0 Å². The van der Waals surface area contributed by atoms with Crippen LogP contribution in [0.2, 0.25) is 0 Å². The smallest absolute Gasteiger partial charge is 0.227 e. The maximum Gasteiger partial charge on any atom is 0.227 e. The molecule has 1 N–H and O–H groups in total. The van der Waals surface area contributed by atoms with Gasteiger partial charge in [0.25, 0.3) is 0 Å². The highest BCUT2D eigenvalue weighted by atomic mass is 16.5. The third kappa shape index (κ3) is 4.10. The fourth-order valence-electron chi connectivity index (χ4n) is 3.42. The molecule has 0 fully saturated rings. The number of benzene rings is 1. The van der Waals surface area contributed by atoms with Gasteiger partial charge >= 0.3 is 0 Å². The molecule has 0 saturated carbocycles. The fourth-order valence-corrected chi connectivity index (χ4v) is 3.42. The van der Waals surface area contributed by atoms with Gasteiger partial charge in [0.1, 0.15) is 5.76 Å². The summed E-state index contributed by atoms with van der Waals surface area (Å²) in [5, 5.41) is 11.4. The van der Waals surface area contributed by atoms with E-state index in [0.717, 1.165) is 34.8 Å². The van der Waals surface area contributed by atoms with E-state index in [1.54, 1.807) is 0 Å². The average Bonchev–Trinajstić information content (AvgIpc) is 3.15. The summed E-state index contributed by atoms with van der Waals surface area (Å²) >= 11 is 0. The van der Waals surface area contributed by atoms with Crippen molar-refractivity contribution >= 4 is 5.91 Å². The molecule has 0 bridgehead atoms. The van der Waals surface area contributed by atoms with E-state index in [9.17, 15) is 4.79 Å². The van der Waals surface area contributed by atoms with Crippen molar-refractivity contribution in [3.8, 4) is 5.69 Å². The first-order valence-electron chi connectivity index (χ1n) is 9.20. The number of hydrogen-bond donors (Lipinski definition) is 1. The number of aryl methyl sites for hydroxylation is 4. The Bertz CT molecular complexity index is 918. The normalized spacial score (nSPS) is 12.2. The SMILES string of the molecule is Cc1cc(C)n(-c2ccc(CCNC(=O)C(C)c3c(C)noc3C)cc2)n1. The van der Waals surface area contributed by atoms with Gasteiger partial charge in [0.15, 0.2) is 0 Å². The molecule has 3 rings (SSSR count). The van der Waals surface area contributed by atoms with Gasteiger partial charge in [-0.05, 0) is 64.8 Å². The zero-order valence-corrected chi connectivity index (χ0v) is 16.5. The van der Waals surface area contributed by atoms with Crippen molar-refractivity contribution in [3.05, 3.63) is 64.3 Å². The van der Waals surface area contributed by atoms with Crippen molar-refractivity contribution in [2.75, 3.05) is 6.54 Å². The molecule has 1 unspecified atom stereocenters. The van der Waals surface area contributed by atoms with Crippen LogP contribution >= 0.6 is 0 Å². The summed E-state index contributed by atoms with van der Waals surface area (Å²) in [6.07, 6.45) is 0.775. The van der Waals surface area contributed by atoms with Crippen LogP contribution in [0.15, 0.2) is 34.9 Å². The minimum atomic E-state index is -0.273. The summed E-state index contributed by atoms with van der Waals surface area (Å²) in [5.41, 5.74) is 5.98. The lowest BCUT2D eigenvalue weighted by Crippen LogP contribution is -2.30. The Kier molecular flexibility index (Phi) is 5.44. The maximum absolute atomic E-state index is 12.4. The molecule has 0 aliphatic rings. The van der Waals surface area contributed by atoms with Gasteiger partial charge in [-0.1, -0.05) is 17.3 Å². The van der Waals surface area contributed by atoms with Crippen LogP contribution in [0.3, 0.4) is 0 Å². The number of rotatable bonds is 6. The third-order valence-corrected chi connectivity index (χ3v) is 4.82. The number of amides is 1. The van der Waals surface area contributed by atoms with Crippen LogP contribution in [0.1, 0.15) is 46.8 Å². The van der Waals surface area contributed by atoms with Gasteiger partial charge in [-0.15, -0.1) is 0 Å². The quantitative estimate of drug-likeness (QED) is 0.724. The summed E-state index contributed by atoms with van der Waals surface area (Å²) in [6.45, 7) is 10.2. The highest BCUT2D eigenvalue weighted by molar-refractivity contribution is 5.83. The predicted molar refractivity (Wildman–Crippen MR) is 104 cm³/mol. The molecule has 1 amide bonds. The van der Waals surface area contributed by atoms with Crippen LogP contribution < -0.4 is 5.32 Å². The zero-order chi connectivity index (χ0) is 19.6. The molecule has 6 heteroatoms. The van der Waals surface area contributed by atoms with E-state index in [1.165, 1.54) is 5.56 Å². The van der Waals surface area contributed by atoms with Crippen molar-refractivity contribution in [2.45, 2.75) is 47.0 Å². The monoisotopic (exact) mass is 366 g/mol. The Hall–Kier alpha value is -2.89. The molecular formula is C21H26N4O2. The van der Waals surface area contributed by atoms with E-state index in [1.807, 2.05) is 39.3 Å². The lowest BCUT2D eigenvalue weighted by molar-refractivity contribution is -0.122. The number of hydrogen-bond acceptors (Lipinski definition) is 4. The standard InChI is InChI=1S/C21H26N4O2/c1-13-12-14(2)25(23-13)19-8-6-18(7-9-19)10-11-22-21(26)15(3)20-16(4)24-27-17(20)5/h6-9,12,15H,10-11H2,1-5H3,(H,22,26). The second-order valence-electron chi connectivity index (χ2n) is 7.01. The van der Waals surface area contributed by atoms with Crippen molar-refractivity contribution in [2.24, 2.45) is 0 Å². The summed E-state index contributed by atoms with van der Waals surface area (Å²) in [5.74, 6) is 0.420. The molecule has 27 heavy (non-hydrogen) atoms. The number of aromatic nitrogens is 3. The van der Waals surface area contributed by atoms with Crippen molar-refractivity contribution in [1.29, 1.82) is 0 Å². The molecule has 0 spiro atoms. The van der Waals surface area contributed by atoms with Crippen molar-refractivity contribution in [3.63, 3.8) is 0 Å². The number of carbonyl (C=O) groups excluding carboxylic acids is 1. The first-order chi connectivity index (χ1) is 12.9. The molecule has 3 aromatic rings. The zero-order valence-electron chi connectivity index (χ0n) is 16.5. The van der Waals surface area contributed by atoms with Crippen LogP contribution in [0.5, 0.6) is 0 Å². The lowest BCUT2D eigenvalue weighted by atomic mass is 9.98. The highest BCUT2D eigenvalue weighted by Crippen LogP contribution is 2.23. The molecule has 2 heterocycles. The molecular weight excluding hydrogens is 340 g/mol. The van der Waals surface area contributed by atoms with E-state index >= 15 is 0 Å². The Balaban J connectivity index is 1.56. The predicted octanol–water partition coefficient (Wildman–Crippen LogP) is 3.56. The molecule has 0 saturated heterocycles. The largest absolute Gasteiger partial charge is 0.361 e. The third-order valence-electron chi connectivity index (χ3n) is 4.82. The van der Waals surface area contributed by atoms with Crippen molar-refractivity contribution in [1.82, 2.24) is 20.3 Å². The molecule has 142 valence electrons. The summed E-state index contributed by atoms with van der Waals surface area (Å²) in [7, 11) is 0. The first kappa shape index (κ1) is 18.9. The lowest BCUT2D eigenvalue weighted by Gasteiger charge is -2.12. The Morgan fingerprint density at radius 3 is 2.44 bits per heavy atom. The Labute approximate surface area is 159 Å². The first-order valence-corrected chi connectivity index (χ1v) is 9.20. The molecule has 2 aromatic heterocycles. The van der Waals surface area contributed by atoms with Crippen LogP contribution in [-0.4, -0.2) is 27.4 Å². The topological polar surface area (TPSA) is 73.0 Å². The molecule has 6 nitrogen and oxygen atoms in total. The molecule has 0 radical (unpaired) electrons. The Morgan fingerprint density at radius 1 is 1.19 bits per heavy atom. The van der Waals surface area contributed by atoms with Crippen molar-refractivity contribution < 1.29 is 9.32 Å². The van der Waals surface area contributed by atoms with Gasteiger partial charge in [0, 0.05) is 17.8 Å². The highest BCUT2D eigenvalue weighted by Gasteiger charge is 2.22. The second-order valence-corrected chi connectivity index (χ2v) is 7.01. The van der Waals surface area contributed by atoms with Crippen LogP contribution in [-0.2, 0) is 11.2 Å². The van der Waals surface area contributed by atoms with Crippen LogP contribution in [0.25, 0.3) is 5.69 Å². The van der Waals surface area contributed by atoms with Crippen LogP contribution in [0, 0.1) is 27.7 Å². The van der Waals surface area contributed by atoms with E-state index in [-0.39, 0.29) is 11.8 Å². The number of carbonyl (C=O) groups is 1. The van der Waals surface area contributed by atoms with Gasteiger partial charge in [-0.3, -0.25) is 4.79 Å². The summed E-state index contributed by atoms with van der Waals surface area (Å²) in [4.78, 5) is 12.4. The van der Waals surface area contributed by atoms with E-state index in [0.29, 0.717) is 12.3 Å². The second kappa shape index (κ2) is 7.78. The molecule has 0 aliphatic carbocycles. The fraction of sp³-hybridized carbons (Fsp3) is 0.381. The van der Waals surface area contributed by atoms with Gasteiger partial charge in [-0.2, -0.15) is 5.10 Å². The number of nitrogens with one attached hydrogen (secondary N) is 1. The van der Waals surface area contributed by atoms with Gasteiger partial charge in [0.2, 0.25) is 5.91 Å². The average molecular weight is 366 g/mol. The van der Waals surface area contributed by atoms with E-state index in [4.69, 9.17) is 4.52 Å². The van der Waals surface area contributed by atoms with E-state index in [2.05, 4.69) is 45.9 Å². The molecule has 1 aromatic carbocycles. The minimum absolute atomic E-state index is 0.0105. The van der Waals surface area contributed by atoms with Crippen LogP contribution in [0.4, 0.5) is 0 Å². The molecule has 0 aliphatic heterocycles.